The van der Waals surface area contributed by atoms with Crippen LogP contribution in [0.1, 0.15) is 28.8 Å². The molecule has 126 valence electrons. The predicted molar refractivity (Wildman–Crippen MR) is 97.2 cm³/mol. The van der Waals surface area contributed by atoms with Crippen molar-refractivity contribution < 1.29 is 9.59 Å². The third-order valence-electron chi connectivity index (χ3n) is 3.96. The van der Waals surface area contributed by atoms with Crippen molar-refractivity contribution in [2.24, 2.45) is 0 Å². The van der Waals surface area contributed by atoms with Crippen LogP contribution in [0.4, 0.5) is 5.69 Å². The van der Waals surface area contributed by atoms with Crippen LogP contribution < -0.4 is 4.90 Å². The lowest BCUT2D eigenvalue weighted by Crippen LogP contribution is -2.26. The summed E-state index contributed by atoms with van der Waals surface area (Å²) in [5, 5.41) is 0. The lowest BCUT2D eigenvalue weighted by atomic mass is 10.1. The Bertz CT molecular complexity index is 679. The van der Waals surface area contributed by atoms with Crippen LogP contribution in [0.2, 0.25) is 0 Å². The van der Waals surface area contributed by atoms with Gasteiger partial charge in [-0.05, 0) is 17.7 Å². The fourth-order valence-electron chi connectivity index (χ4n) is 2.44. The van der Waals surface area contributed by atoms with Gasteiger partial charge in [0, 0.05) is 51.8 Å². The van der Waals surface area contributed by atoms with E-state index in [9.17, 15) is 9.59 Å². The molecule has 0 atom stereocenters. The first-order valence-electron chi connectivity index (χ1n) is 8.06. The van der Waals surface area contributed by atoms with Gasteiger partial charge in [0.05, 0.1) is 0 Å². The number of ketones is 1. The molecule has 0 bridgehead atoms. The van der Waals surface area contributed by atoms with Gasteiger partial charge in [-0.2, -0.15) is 0 Å². The Morgan fingerprint density at radius 3 is 2.04 bits per heavy atom. The lowest BCUT2D eigenvalue weighted by molar-refractivity contribution is -0.130. The molecule has 0 N–H and O–H groups in total. The van der Waals surface area contributed by atoms with Gasteiger partial charge in [-0.15, -0.1) is 0 Å². The number of rotatable bonds is 7. The molecule has 1 amide bonds. The molecular weight excluding hydrogens is 300 g/mol. The summed E-state index contributed by atoms with van der Waals surface area (Å²) in [4.78, 5) is 28.0. The fourth-order valence-corrected chi connectivity index (χ4v) is 2.44. The first-order valence-corrected chi connectivity index (χ1v) is 8.06. The minimum absolute atomic E-state index is 0.00712. The monoisotopic (exact) mass is 324 g/mol. The van der Waals surface area contributed by atoms with E-state index in [0.717, 1.165) is 11.3 Å². The smallest absolute Gasteiger partial charge is 0.223 e. The van der Waals surface area contributed by atoms with Crippen molar-refractivity contribution in [3.63, 3.8) is 0 Å². The zero-order valence-corrected chi connectivity index (χ0v) is 14.5. The van der Waals surface area contributed by atoms with Crippen LogP contribution in [-0.4, -0.2) is 37.7 Å². The second-order valence-corrected chi connectivity index (χ2v) is 6.10. The zero-order valence-electron chi connectivity index (χ0n) is 14.5. The Morgan fingerprint density at radius 1 is 0.833 bits per heavy atom. The van der Waals surface area contributed by atoms with E-state index < -0.39 is 0 Å². The van der Waals surface area contributed by atoms with Crippen molar-refractivity contribution in [3.8, 4) is 0 Å². The number of hydrogen-bond donors (Lipinski definition) is 0. The maximum atomic E-state index is 12.2. The van der Waals surface area contributed by atoms with E-state index in [4.69, 9.17) is 0 Å². The van der Waals surface area contributed by atoms with Gasteiger partial charge in [0.15, 0.2) is 5.78 Å². The molecule has 0 saturated heterocycles. The topological polar surface area (TPSA) is 40.6 Å². The number of carbonyl (C=O) groups is 2. The molecule has 24 heavy (non-hydrogen) atoms. The number of amides is 1. The van der Waals surface area contributed by atoms with Gasteiger partial charge in [0.2, 0.25) is 5.91 Å². The first kappa shape index (κ1) is 17.7. The van der Waals surface area contributed by atoms with Crippen molar-refractivity contribution in [3.05, 3.63) is 65.7 Å². The van der Waals surface area contributed by atoms with E-state index in [2.05, 4.69) is 0 Å². The highest BCUT2D eigenvalue weighted by Crippen LogP contribution is 2.14. The van der Waals surface area contributed by atoms with Crippen molar-refractivity contribution in [1.82, 2.24) is 4.90 Å². The maximum Gasteiger partial charge on any atom is 0.223 e. The van der Waals surface area contributed by atoms with Crippen molar-refractivity contribution in [2.45, 2.75) is 19.4 Å². The molecule has 0 radical (unpaired) electrons. The molecule has 0 aromatic heterocycles. The summed E-state index contributed by atoms with van der Waals surface area (Å²) in [5.41, 5.74) is 2.86. The van der Waals surface area contributed by atoms with Crippen molar-refractivity contribution >= 4 is 17.4 Å². The Balaban J connectivity index is 1.84. The first-order chi connectivity index (χ1) is 11.5. The molecule has 2 aromatic rings. The minimum Gasteiger partial charge on any atom is -0.378 e. The summed E-state index contributed by atoms with van der Waals surface area (Å²) in [6.45, 7) is 0.548. The van der Waals surface area contributed by atoms with Gasteiger partial charge in [-0.3, -0.25) is 9.59 Å². The van der Waals surface area contributed by atoms with Crippen LogP contribution in [0.5, 0.6) is 0 Å². The summed E-state index contributed by atoms with van der Waals surface area (Å²) in [7, 11) is 5.76. The van der Waals surface area contributed by atoms with E-state index in [1.54, 1.807) is 24.1 Å². The van der Waals surface area contributed by atoms with Gasteiger partial charge in [0.1, 0.15) is 0 Å². The molecule has 0 aliphatic carbocycles. The number of carbonyl (C=O) groups excluding carboxylic acids is 2. The van der Waals surface area contributed by atoms with Crippen LogP contribution in [-0.2, 0) is 11.3 Å². The van der Waals surface area contributed by atoms with Crippen molar-refractivity contribution in [2.75, 3.05) is 26.0 Å². The SMILES string of the molecule is CN(Cc1ccc(N(C)C)cc1)C(=O)CCC(=O)c1ccccc1. The van der Waals surface area contributed by atoms with E-state index in [-0.39, 0.29) is 24.5 Å². The average Bonchev–Trinajstić information content (AvgIpc) is 2.60. The Labute approximate surface area is 143 Å². The van der Waals surface area contributed by atoms with Gasteiger partial charge >= 0.3 is 0 Å². The molecule has 0 aliphatic rings. The largest absolute Gasteiger partial charge is 0.378 e. The molecule has 0 aliphatic heterocycles. The second-order valence-electron chi connectivity index (χ2n) is 6.10. The van der Waals surface area contributed by atoms with Crippen LogP contribution >= 0.6 is 0 Å². The zero-order chi connectivity index (χ0) is 17.5. The highest BCUT2D eigenvalue weighted by Gasteiger charge is 2.13. The highest BCUT2D eigenvalue weighted by molar-refractivity contribution is 5.97. The summed E-state index contributed by atoms with van der Waals surface area (Å²) in [6, 6.07) is 17.2. The number of nitrogens with zero attached hydrogens (tertiary/aromatic N) is 2. The van der Waals surface area contributed by atoms with Gasteiger partial charge in [-0.1, -0.05) is 42.5 Å². The van der Waals surface area contributed by atoms with Gasteiger partial charge in [0.25, 0.3) is 0 Å². The third-order valence-corrected chi connectivity index (χ3v) is 3.96. The normalized spacial score (nSPS) is 10.3. The molecule has 0 saturated carbocycles. The number of benzene rings is 2. The average molecular weight is 324 g/mol. The molecule has 2 rings (SSSR count). The molecule has 4 heteroatoms. The quantitative estimate of drug-likeness (QED) is 0.733. The molecular formula is C20H24N2O2. The number of hydrogen-bond acceptors (Lipinski definition) is 3. The predicted octanol–water partition coefficient (Wildman–Crippen LogP) is 3.37. The number of Topliss-reactive ketones (excluding diaryl/α,β-unsaturated/α-hetero) is 1. The van der Waals surface area contributed by atoms with Crippen molar-refractivity contribution in [1.29, 1.82) is 0 Å². The standard InChI is InChI=1S/C20H24N2O2/c1-21(2)18-11-9-16(10-12-18)15-22(3)20(24)14-13-19(23)17-7-5-4-6-8-17/h4-12H,13-15H2,1-3H3. The van der Waals surface area contributed by atoms with Crippen LogP contribution in [0, 0.1) is 0 Å². The van der Waals surface area contributed by atoms with E-state index in [1.807, 2.05) is 61.5 Å². The highest BCUT2D eigenvalue weighted by atomic mass is 16.2. The number of anilines is 1. The second kappa shape index (κ2) is 8.29. The Morgan fingerprint density at radius 2 is 1.46 bits per heavy atom. The minimum atomic E-state index is -0.0176. The molecule has 0 unspecified atom stereocenters. The van der Waals surface area contributed by atoms with Crippen LogP contribution in [0.15, 0.2) is 54.6 Å². The molecule has 4 nitrogen and oxygen atoms in total. The summed E-state index contributed by atoms with van der Waals surface area (Å²) >= 11 is 0. The third kappa shape index (κ3) is 4.95. The Kier molecular flexibility index (Phi) is 6.13. The molecule has 2 aromatic carbocycles. The van der Waals surface area contributed by atoms with E-state index in [0.29, 0.717) is 12.1 Å². The lowest BCUT2D eigenvalue weighted by Gasteiger charge is -2.18. The van der Waals surface area contributed by atoms with E-state index in [1.165, 1.54) is 0 Å². The molecule has 0 heterocycles. The van der Waals surface area contributed by atoms with Gasteiger partial charge < -0.3 is 9.80 Å². The summed E-state index contributed by atoms with van der Waals surface area (Å²) in [6.07, 6.45) is 0.479. The molecule has 0 fully saturated rings. The molecule has 0 spiro atoms. The van der Waals surface area contributed by atoms with Crippen LogP contribution in [0.3, 0.4) is 0 Å². The van der Waals surface area contributed by atoms with Gasteiger partial charge in [-0.25, -0.2) is 0 Å². The Hall–Kier alpha value is -2.62. The summed E-state index contributed by atoms with van der Waals surface area (Å²) in [5.74, 6) is -0.0105. The maximum absolute atomic E-state index is 12.2. The summed E-state index contributed by atoms with van der Waals surface area (Å²) < 4.78 is 0. The van der Waals surface area contributed by atoms with Crippen LogP contribution in [0.25, 0.3) is 0 Å². The van der Waals surface area contributed by atoms with E-state index >= 15 is 0 Å². The fraction of sp³-hybridized carbons (Fsp3) is 0.300.